The first-order chi connectivity index (χ1) is 7.58. The Hall–Kier alpha value is -0.300. The second-order valence-electron chi connectivity index (χ2n) is 3.18. The number of pyridine rings is 1. The number of aromatic nitrogens is 1. The lowest BCUT2D eigenvalue weighted by molar-refractivity contribution is 0.616. The topological polar surface area (TPSA) is 38.9 Å². The highest BCUT2D eigenvalue weighted by molar-refractivity contribution is 9.13. The molecule has 1 atom stereocenters. The summed E-state index contributed by atoms with van der Waals surface area (Å²) >= 11 is 8.31. The van der Waals surface area contributed by atoms with Gasteiger partial charge in [-0.25, -0.2) is 4.39 Å². The van der Waals surface area contributed by atoms with Gasteiger partial charge in [0.15, 0.2) is 0 Å². The first-order valence-corrected chi connectivity index (χ1v) is 6.79. The average molecular weight is 366 g/mol. The molecular formula is C10H7Br2FN2S. The van der Waals surface area contributed by atoms with Crippen molar-refractivity contribution in [2.75, 3.05) is 0 Å². The summed E-state index contributed by atoms with van der Waals surface area (Å²) in [5.74, 6) is -0.373. The predicted molar refractivity (Wildman–Crippen MR) is 69.9 cm³/mol. The summed E-state index contributed by atoms with van der Waals surface area (Å²) in [6, 6.07) is 2.97. The Kier molecular flexibility index (Phi) is 3.73. The minimum absolute atomic E-state index is 0.351. The van der Waals surface area contributed by atoms with E-state index in [2.05, 4.69) is 36.8 Å². The lowest BCUT2D eigenvalue weighted by Gasteiger charge is -2.08. The third-order valence-corrected chi connectivity index (χ3v) is 5.40. The number of nitrogens with zero attached hydrogens (tertiary/aromatic N) is 1. The molecule has 0 aliphatic carbocycles. The van der Waals surface area contributed by atoms with Gasteiger partial charge in [0, 0.05) is 15.5 Å². The molecule has 2 aromatic heterocycles. The van der Waals surface area contributed by atoms with E-state index in [1.165, 1.54) is 17.4 Å². The van der Waals surface area contributed by atoms with E-state index in [-0.39, 0.29) is 11.9 Å². The minimum Gasteiger partial charge on any atom is -0.320 e. The summed E-state index contributed by atoms with van der Waals surface area (Å²) in [4.78, 5) is 4.74. The molecule has 16 heavy (non-hydrogen) atoms. The van der Waals surface area contributed by atoms with Crippen molar-refractivity contribution in [3.8, 4) is 0 Å². The first-order valence-electron chi connectivity index (χ1n) is 4.38. The van der Waals surface area contributed by atoms with Gasteiger partial charge in [-0.15, -0.1) is 11.3 Å². The Balaban J connectivity index is 2.35. The van der Waals surface area contributed by atoms with Crippen molar-refractivity contribution in [2.24, 2.45) is 5.73 Å². The van der Waals surface area contributed by atoms with Crippen LogP contribution in [0.4, 0.5) is 4.39 Å². The van der Waals surface area contributed by atoms with Crippen LogP contribution in [0.1, 0.15) is 16.5 Å². The van der Waals surface area contributed by atoms with Crippen LogP contribution in [-0.2, 0) is 0 Å². The van der Waals surface area contributed by atoms with Gasteiger partial charge in [0.05, 0.1) is 16.0 Å². The van der Waals surface area contributed by atoms with Crippen molar-refractivity contribution in [1.29, 1.82) is 0 Å². The Morgan fingerprint density at radius 3 is 2.62 bits per heavy atom. The quantitative estimate of drug-likeness (QED) is 0.877. The summed E-state index contributed by atoms with van der Waals surface area (Å²) in [5.41, 5.74) is 6.70. The molecule has 84 valence electrons. The Bertz CT molecular complexity index is 496. The number of hydrogen-bond acceptors (Lipinski definition) is 3. The van der Waals surface area contributed by atoms with Crippen molar-refractivity contribution in [3.05, 3.63) is 49.0 Å². The molecule has 0 aliphatic rings. The molecule has 0 aliphatic heterocycles. The number of nitrogens with two attached hydrogens (primary N) is 1. The molecule has 0 saturated heterocycles. The molecular weight excluding hydrogens is 359 g/mol. The van der Waals surface area contributed by atoms with E-state index in [1.54, 1.807) is 6.20 Å². The number of thiophene rings is 1. The van der Waals surface area contributed by atoms with E-state index >= 15 is 0 Å². The van der Waals surface area contributed by atoms with Gasteiger partial charge in [-0.3, -0.25) is 4.98 Å². The van der Waals surface area contributed by atoms with E-state index in [1.807, 2.05) is 6.07 Å². The smallest absolute Gasteiger partial charge is 0.141 e. The molecule has 0 amide bonds. The lowest BCUT2D eigenvalue weighted by atomic mass is 10.1. The molecule has 2 aromatic rings. The maximum Gasteiger partial charge on any atom is 0.141 e. The summed E-state index contributed by atoms with van der Waals surface area (Å²) in [7, 11) is 0. The molecule has 6 heteroatoms. The van der Waals surface area contributed by atoms with Gasteiger partial charge in [0.2, 0.25) is 0 Å². The Morgan fingerprint density at radius 2 is 2.06 bits per heavy atom. The second-order valence-corrected chi connectivity index (χ2v) is 6.44. The summed E-state index contributed by atoms with van der Waals surface area (Å²) < 4.78 is 14.9. The van der Waals surface area contributed by atoms with Crippen LogP contribution < -0.4 is 5.73 Å². The largest absolute Gasteiger partial charge is 0.320 e. The third-order valence-electron chi connectivity index (χ3n) is 2.06. The van der Waals surface area contributed by atoms with E-state index in [0.29, 0.717) is 5.56 Å². The number of hydrogen-bond donors (Lipinski definition) is 1. The SMILES string of the molecule is NC(c1cncc(F)c1)c1cc(Br)c(Br)s1. The molecule has 0 bridgehead atoms. The predicted octanol–water partition coefficient (Wildman–Crippen LogP) is 3.86. The van der Waals surface area contributed by atoms with Crippen LogP contribution in [0, 0.1) is 5.82 Å². The molecule has 2 N–H and O–H groups in total. The van der Waals surface area contributed by atoms with E-state index < -0.39 is 0 Å². The molecule has 2 heterocycles. The van der Waals surface area contributed by atoms with Gasteiger partial charge in [-0.2, -0.15) is 0 Å². The number of halogens is 3. The summed E-state index contributed by atoms with van der Waals surface area (Å²) in [5, 5.41) is 0. The van der Waals surface area contributed by atoms with Gasteiger partial charge in [-0.1, -0.05) is 0 Å². The molecule has 2 rings (SSSR count). The molecule has 0 saturated carbocycles. The summed E-state index contributed by atoms with van der Waals surface area (Å²) in [6.07, 6.45) is 2.74. The highest BCUT2D eigenvalue weighted by Gasteiger charge is 2.14. The van der Waals surface area contributed by atoms with Crippen molar-refractivity contribution in [2.45, 2.75) is 6.04 Å². The average Bonchev–Trinajstić information content (AvgIpc) is 2.58. The minimum atomic E-state index is -0.373. The maximum atomic E-state index is 13.0. The molecule has 0 aromatic carbocycles. The van der Waals surface area contributed by atoms with Gasteiger partial charge in [0.1, 0.15) is 5.82 Å². The second kappa shape index (κ2) is 4.91. The zero-order valence-electron chi connectivity index (χ0n) is 7.95. The van der Waals surface area contributed by atoms with Crippen molar-refractivity contribution < 1.29 is 4.39 Å². The Morgan fingerprint density at radius 1 is 1.31 bits per heavy atom. The van der Waals surface area contributed by atoms with E-state index in [9.17, 15) is 4.39 Å². The highest BCUT2D eigenvalue weighted by atomic mass is 79.9. The normalized spacial score (nSPS) is 12.8. The lowest BCUT2D eigenvalue weighted by Crippen LogP contribution is -2.10. The van der Waals surface area contributed by atoms with Gasteiger partial charge in [0.25, 0.3) is 0 Å². The van der Waals surface area contributed by atoms with Crippen LogP contribution in [0.15, 0.2) is 32.8 Å². The third kappa shape index (κ3) is 2.51. The van der Waals surface area contributed by atoms with Gasteiger partial charge < -0.3 is 5.73 Å². The standard InChI is InChI=1S/C10H7Br2FN2S/c11-7-2-8(16-10(7)12)9(14)5-1-6(13)4-15-3-5/h1-4,9H,14H2. The Labute approximate surface area is 113 Å². The zero-order valence-corrected chi connectivity index (χ0v) is 11.9. The van der Waals surface area contributed by atoms with Crippen molar-refractivity contribution >= 4 is 43.2 Å². The molecule has 0 spiro atoms. The van der Waals surface area contributed by atoms with Gasteiger partial charge in [-0.05, 0) is 49.6 Å². The monoisotopic (exact) mass is 364 g/mol. The fourth-order valence-electron chi connectivity index (χ4n) is 1.28. The number of rotatable bonds is 2. The van der Waals surface area contributed by atoms with Crippen LogP contribution in [0.25, 0.3) is 0 Å². The van der Waals surface area contributed by atoms with E-state index in [0.717, 1.165) is 19.3 Å². The molecule has 2 nitrogen and oxygen atoms in total. The van der Waals surface area contributed by atoms with Crippen molar-refractivity contribution in [3.63, 3.8) is 0 Å². The van der Waals surface area contributed by atoms with E-state index in [4.69, 9.17) is 5.73 Å². The molecule has 0 radical (unpaired) electrons. The highest BCUT2D eigenvalue weighted by Crippen LogP contribution is 2.36. The molecule has 0 fully saturated rings. The van der Waals surface area contributed by atoms with Gasteiger partial charge >= 0.3 is 0 Å². The summed E-state index contributed by atoms with van der Waals surface area (Å²) in [6.45, 7) is 0. The maximum absolute atomic E-state index is 13.0. The van der Waals surface area contributed by atoms with Crippen LogP contribution in [0.5, 0.6) is 0 Å². The van der Waals surface area contributed by atoms with Crippen molar-refractivity contribution in [1.82, 2.24) is 4.98 Å². The van der Waals surface area contributed by atoms with Crippen LogP contribution in [-0.4, -0.2) is 4.98 Å². The van der Waals surface area contributed by atoms with Crippen LogP contribution in [0.2, 0.25) is 0 Å². The zero-order chi connectivity index (χ0) is 11.7. The van der Waals surface area contributed by atoms with Crippen LogP contribution in [0.3, 0.4) is 0 Å². The fourth-order valence-corrected chi connectivity index (χ4v) is 3.40. The fraction of sp³-hybridized carbons (Fsp3) is 0.100. The molecule has 1 unspecified atom stereocenters. The van der Waals surface area contributed by atoms with Crippen LogP contribution >= 0.6 is 43.2 Å². The first kappa shape index (κ1) is 12.2.